The molecule has 0 saturated carbocycles. The van der Waals surface area contributed by atoms with Crippen LogP contribution in [0.25, 0.3) is 11.0 Å². The molecule has 0 saturated heterocycles. The van der Waals surface area contributed by atoms with Crippen molar-refractivity contribution in [3.05, 3.63) is 48.2 Å². The summed E-state index contributed by atoms with van der Waals surface area (Å²) in [6.45, 7) is 4.67. The second-order valence-electron chi connectivity index (χ2n) is 6.15. The molecule has 0 spiro atoms. The van der Waals surface area contributed by atoms with Gasteiger partial charge in [-0.05, 0) is 23.6 Å². The van der Waals surface area contributed by atoms with Crippen molar-refractivity contribution in [2.45, 2.75) is 32.9 Å². The molecule has 0 unspecified atom stereocenters. The van der Waals surface area contributed by atoms with Crippen LogP contribution in [0.2, 0.25) is 0 Å². The summed E-state index contributed by atoms with van der Waals surface area (Å²) in [5, 5.41) is 17.3. The Labute approximate surface area is 145 Å². The third kappa shape index (κ3) is 3.58. The molecule has 128 valence electrons. The van der Waals surface area contributed by atoms with Crippen LogP contribution in [0.1, 0.15) is 31.9 Å². The Hall–Kier alpha value is -3.01. The van der Waals surface area contributed by atoms with Gasteiger partial charge >= 0.3 is 0 Å². The summed E-state index contributed by atoms with van der Waals surface area (Å²) in [4.78, 5) is 8.63. The van der Waals surface area contributed by atoms with Crippen LogP contribution in [-0.4, -0.2) is 19.7 Å². The van der Waals surface area contributed by atoms with Crippen LogP contribution in [-0.2, 0) is 6.54 Å². The second kappa shape index (κ2) is 7.26. The van der Waals surface area contributed by atoms with E-state index < -0.39 is 0 Å². The number of nitrogens with one attached hydrogen (secondary N) is 1. The zero-order valence-electron chi connectivity index (χ0n) is 14.1. The molecule has 25 heavy (non-hydrogen) atoms. The molecule has 1 aromatic carbocycles. The first-order chi connectivity index (χ1) is 12.1. The van der Waals surface area contributed by atoms with E-state index in [1.807, 2.05) is 0 Å². The highest BCUT2D eigenvalue weighted by Gasteiger charge is 2.19. The summed E-state index contributed by atoms with van der Waals surface area (Å²) in [5.41, 5.74) is 1.68. The van der Waals surface area contributed by atoms with Gasteiger partial charge in [0, 0.05) is 0 Å². The lowest BCUT2D eigenvalue weighted by Crippen LogP contribution is -2.18. The van der Waals surface area contributed by atoms with Gasteiger partial charge in [-0.25, -0.2) is 19.0 Å². The lowest BCUT2D eigenvalue weighted by Gasteiger charge is -2.23. The highest BCUT2D eigenvalue weighted by Crippen LogP contribution is 2.29. The molecule has 3 rings (SSSR count). The molecule has 7 heteroatoms. The summed E-state index contributed by atoms with van der Waals surface area (Å²) in [6, 6.07) is 8.56. The topological polar surface area (TPSA) is 79.4 Å². The molecule has 0 aliphatic rings. The predicted octanol–water partition coefficient (Wildman–Crippen LogP) is 3.69. The number of nitriles is 1. The molecule has 6 nitrogen and oxygen atoms in total. The van der Waals surface area contributed by atoms with E-state index in [9.17, 15) is 4.39 Å². The molecule has 2 heterocycles. The smallest absolute Gasteiger partial charge is 0.163 e. The Morgan fingerprint density at radius 2 is 2.00 bits per heavy atom. The van der Waals surface area contributed by atoms with Gasteiger partial charge in [0.2, 0.25) is 0 Å². The zero-order valence-corrected chi connectivity index (χ0v) is 14.1. The van der Waals surface area contributed by atoms with Gasteiger partial charge in [0.15, 0.2) is 5.65 Å². The van der Waals surface area contributed by atoms with Crippen molar-refractivity contribution in [2.24, 2.45) is 5.92 Å². The number of hydrogen-bond acceptors (Lipinski definition) is 5. The zero-order chi connectivity index (χ0) is 17.8. The van der Waals surface area contributed by atoms with Crippen molar-refractivity contribution < 1.29 is 4.39 Å². The van der Waals surface area contributed by atoms with Gasteiger partial charge < -0.3 is 5.32 Å². The van der Waals surface area contributed by atoms with Crippen LogP contribution in [0.4, 0.5) is 10.2 Å². The number of halogens is 1. The van der Waals surface area contributed by atoms with Gasteiger partial charge in [0.25, 0.3) is 0 Å². The molecule has 0 amide bonds. The molecule has 0 fully saturated rings. The summed E-state index contributed by atoms with van der Waals surface area (Å²) in [6.07, 6.45) is 3.56. The van der Waals surface area contributed by atoms with Gasteiger partial charge in [0.1, 0.15) is 18.0 Å². The maximum absolute atomic E-state index is 13.2. The third-order valence-electron chi connectivity index (χ3n) is 4.06. The molecule has 3 aromatic rings. The summed E-state index contributed by atoms with van der Waals surface area (Å²) in [5.74, 6) is 0.690. The van der Waals surface area contributed by atoms with Crippen LogP contribution in [0, 0.1) is 23.1 Å². The number of aromatic nitrogens is 4. The van der Waals surface area contributed by atoms with E-state index in [4.69, 9.17) is 5.26 Å². The monoisotopic (exact) mass is 338 g/mol. The van der Waals surface area contributed by atoms with Crippen LogP contribution >= 0.6 is 0 Å². The number of benzene rings is 1. The number of anilines is 1. The molecule has 0 bridgehead atoms. The fraction of sp³-hybridized carbons (Fsp3) is 0.333. The number of aryl methyl sites for hydroxylation is 1. The Morgan fingerprint density at radius 1 is 1.24 bits per heavy atom. The number of fused-ring (bicyclic) bond motifs is 1. The lowest BCUT2D eigenvalue weighted by atomic mass is 9.96. The minimum atomic E-state index is -0.255. The van der Waals surface area contributed by atoms with Gasteiger partial charge in [0.05, 0.1) is 36.7 Å². The SMILES string of the molecule is CC(C)[C@H](Nc1ncnc2c1cnn2CCC#N)c1ccc(F)cc1. The van der Waals surface area contributed by atoms with Crippen molar-refractivity contribution in [3.8, 4) is 6.07 Å². The first-order valence-corrected chi connectivity index (χ1v) is 8.15. The molecular formula is C18H19FN6. The first-order valence-electron chi connectivity index (χ1n) is 8.15. The quantitative estimate of drug-likeness (QED) is 0.741. The van der Waals surface area contributed by atoms with Crippen molar-refractivity contribution in [1.82, 2.24) is 19.7 Å². The average molecular weight is 338 g/mol. The molecule has 0 aliphatic carbocycles. The lowest BCUT2D eigenvalue weighted by molar-refractivity contribution is 0.543. The van der Waals surface area contributed by atoms with Crippen LogP contribution < -0.4 is 5.32 Å². The van der Waals surface area contributed by atoms with E-state index in [0.29, 0.717) is 24.4 Å². The Morgan fingerprint density at radius 3 is 2.68 bits per heavy atom. The fourth-order valence-electron chi connectivity index (χ4n) is 2.78. The maximum Gasteiger partial charge on any atom is 0.163 e. The number of rotatable bonds is 6. The van der Waals surface area contributed by atoms with Crippen LogP contribution in [0.5, 0.6) is 0 Å². The van der Waals surface area contributed by atoms with E-state index in [-0.39, 0.29) is 17.8 Å². The Bertz CT molecular complexity index is 894. The minimum absolute atomic E-state index is 0.0267. The third-order valence-corrected chi connectivity index (χ3v) is 4.06. The first kappa shape index (κ1) is 16.8. The molecule has 0 aliphatic heterocycles. The van der Waals surface area contributed by atoms with Crippen molar-refractivity contribution in [2.75, 3.05) is 5.32 Å². The Balaban J connectivity index is 1.93. The number of hydrogen-bond donors (Lipinski definition) is 1. The molecular weight excluding hydrogens is 319 g/mol. The number of nitrogens with zero attached hydrogens (tertiary/aromatic N) is 5. The molecule has 2 aromatic heterocycles. The summed E-state index contributed by atoms with van der Waals surface area (Å²) >= 11 is 0. The molecule has 1 N–H and O–H groups in total. The fourth-order valence-corrected chi connectivity index (χ4v) is 2.78. The van der Waals surface area contributed by atoms with E-state index in [1.165, 1.54) is 18.5 Å². The second-order valence-corrected chi connectivity index (χ2v) is 6.15. The highest BCUT2D eigenvalue weighted by atomic mass is 19.1. The van der Waals surface area contributed by atoms with Crippen LogP contribution in [0.15, 0.2) is 36.8 Å². The van der Waals surface area contributed by atoms with Gasteiger partial charge in [-0.2, -0.15) is 10.4 Å². The summed E-state index contributed by atoms with van der Waals surface area (Å²) in [7, 11) is 0. The highest BCUT2D eigenvalue weighted by molar-refractivity contribution is 5.86. The van der Waals surface area contributed by atoms with E-state index in [1.54, 1.807) is 23.0 Å². The molecule has 0 radical (unpaired) electrons. The van der Waals surface area contributed by atoms with Crippen molar-refractivity contribution in [1.29, 1.82) is 5.26 Å². The van der Waals surface area contributed by atoms with E-state index >= 15 is 0 Å². The largest absolute Gasteiger partial charge is 0.362 e. The van der Waals surface area contributed by atoms with E-state index in [0.717, 1.165) is 10.9 Å². The standard InChI is InChI=1S/C18H19FN6/c1-12(2)16(13-4-6-14(19)7-5-13)24-17-15-10-23-25(9-3-8-20)18(15)22-11-21-17/h4-7,10-12,16H,3,9H2,1-2H3,(H,21,22,24)/t16-/m0/s1. The van der Waals surface area contributed by atoms with Crippen LogP contribution in [0.3, 0.4) is 0 Å². The maximum atomic E-state index is 13.2. The van der Waals surface area contributed by atoms with Crippen molar-refractivity contribution in [3.63, 3.8) is 0 Å². The minimum Gasteiger partial charge on any atom is -0.362 e. The van der Waals surface area contributed by atoms with Gasteiger partial charge in [-0.3, -0.25) is 0 Å². The predicted molar refractivity (Wildman–Crippen MR) is 93.2 cm³/mol. The summed E-state index contributed by atoms with van der Waals surface area (Å²) < 4.78 is 14.9. The van der Waals surface area contributed by atoms with E-state index in [2.05, 4.69) is 40.3 Å². The molecule has 1 atom stereocenters. The Kier molecular flexibility index (Phi) is 4.89. The van der Waals surface area contributed by atoms with Crippen molar-refractivity contribution >= 4 is 16.9 Å². The normalized spacial score (nSPS) is 12.3. The average Bonchev–Trinajstić information content (AvgIpc) is 3.02. The van der Waals surface area contributed by atoms with Gasteiger partial charge in [-0.15, -0.1) is 0 Å². The van der Waals surface area contributed by atoms with Gasteiger partial charge in [-0.1, -0.05) is 26.0 Å².